The number of anilines is 3. The molecular weight excluding hydrogens is 368 g/mol. The summed E-state index contributed by atoms with van der Waals surface area (Å²) < 4.78 is 10.5. The van der Waals surface area contributed by atoms with Crippen molar-refractivity contribution in [1.29, 1.82) is 0 Å². The maximum Gasteiger partial charge on any atom is 0.253 e. The summed E-state index contributed by atoms with van der Waals surface area (Å²) in [7, 11) is 3.35. The number of piperazine rings is 1. The van der Waals surface area contributed by atoms with Crippen LogP contribution in [0.5, 0.6) is 5.75 Å². The molecule has 0 radical (unpaired) electrons. The van der Waals surface area contributed by atoms with Gasteiger partial charge in [0.1, 0.15) is 5.75 Å². The summed E-state index contributed by atoms with van der Waals surface area (Å²) in [6.45, 7) is 4.51. The van der Waals surface area contributed by atoms with Gasteiger partial charge in [-0.15, -0.1) is 0 Å². The van der Waals surface area contributed by atoms with E-state index in [1.807, 2.05) is 30.3 Å². The number of nitrogens with one attached hydrogen (secondary N) is 1. The summed E-state index contributed by atoms with van der Waals surface area (Å²) >= 11 is 0. The van der Waals surface area contributed by atoms with Gasteiger partial charge in [0.25, 0.3) is 5.91 Å². The van der Waals surface area contributed by atoms with Gasteiger partial charge in [-0.25, -0.2) is 0 Å². The monoisotopic (exact) mass is 398 g/mol. The second-order valence-corrected chi connectivity index (χ2v) is 7.02. The zero-order valence-electron chi connectivity index (χ0n) is 17.2. The van der Waals surface area contributed by atoms with Crippen LogP contribution in [0.25, 0.3) is 0 Å². The summed E-state index contributed by atoms with van der Waals surface area (Å²) in [5, 5.41) is 2.96. The van der Waals surface area contributed by atoms with Crippen LogP contribution in [-0.2, 0) is 4.74 Å². The standard InChI is InChI=1S/C22H30N4O3/c1-28-15-5-10-24-22(27)18-16-17(23)8-9-19(18)25-11-13-26(14-12-25)20-6-3-4-7-21(20)29-2/h3-4,6-9,16H,5,10-15,23H2,1-2H3,(H,24,27). The van der Waals surface area contributed by atoms with Crippen molar-refractivity contribution in [1.82, 2.24) is 5.32 Å². The van der Waals surface area contributed by atoms with Crippen molar-refractivity contribution in [2.45, 2.75) is 6.42 Å². The third-order valence-electron chi connectivity index (χ3n) is 5.12. The lowest BCUT2D eigenvalue weighted by atomic mass is 10.1. The van der Waals surface area contributed by atoms with Crippen molar-refractivity contribution in [3.63, 3.8) is 0 Å². The van der Waals surface area contributed by atoms with E-state index >= 15 is 0 Å². The zero-order valence-corrected chi connectivity index (χ0v) is 17.2. The maximum absolute atomic E-state index is 12.7. The van der Waals surface area contributed by atoms with E-state index in [-0.39, 0.29) is 5.91 Å². The number of rotatable bonds is 8. The van der Waals surface area contributed by atoms with Crippen molar-refractivity contribution < 1.29 is 14.3 Å². The Morgan fingerprint density at radius 1 is 1.03 bits per heavy atom. The molecule has 156 valence electrons. The van der Waals surface area contributed by atoms with Gasteiger partial charge in [0.05, 0.1) is 18.4 Å². The largest absolute Gasteiger partial charge is 0.495 e. The molecule has 0 aliphatic carbocycles. The average Bonchev–Trinajstić information content (AvgIpc) is 2.76. The number of nitrogens with two attached hydrogens (primary N) is 1. The molecule has 7 nitrogen and oxygen atoms in total. The Kier molecular flexibility index (Phi) is 7.19. The fourth-order valence-electron chi connectivity index (χ4n) is 3.60. The Morgan fingerprint density at radius 3 is 2.41 bits per heavy atom. The van der Waals surface area contributed by atoms with E-state index in [9.17, 15) is 4.79 Å². The van der Waals surface area contributed by atoms with Gasteiger partial charge >= 0.3 is 0 Å². The van der Waals surface area contributed by atoms with E-state index in [1.54, 1.807) is 20.3 Å². The minimum absolute atomic E-state index is 0.101. The number of methoxy groups -OCH3 is 2. The Morgan fingerprint density at radius 2 is 1.72 bits per heavy atom. The third kappa shape index (κ3) is 5.12. The Hall–Kier alpha value is -2.93. The number of ether oxygens (including phenoxy) is 2. The van der Waals surface area contributed by atoms with Crippen molar-refractivity contribution in [2.75, 3.05) is 69.1 Å². The molecule has 0 saturated carbocycles. The van der Waals surface area contributed by atoms with Crippen molar-refractivity contribution in [2.24, 2.45) is 0 Å². The van der Waals surface area contributed by atoms with Gasteiger partial charge in [0.15, 0.2) is 0 Å². The van der Waals surface area contributed by atoms with Crippen molar-refractivity contribution >= 4 is 23.0 Å². The molecule has 2 aromatic carbocycles. The molecule has 1 aliphatic heterocycles. The van der Waals surface area contributed by atoms with Gasteiger partial charge in [-0.2, -0.15) is 0 Å². The number of hydrogen-bond acceptors (Lipinski definition) is 6. The minimum Gasteiger partial charge on any atom is -0.495 e. The van der Waals surface area contributed by atoms with Crippen molar-refractivity contribution in [3.8, 4) is 5.75 Å². The van der Waals surface area contributed by atoms with Crippen molar-refractivity contribution in [3.05, 3.63) is 48.0 Å². The first-order valence-corrected chi connectivity index (χ1v) is 9.93. The highest BCUT2D eigenvalue weighted by Gasteiger charge is 2.23. The predicted octanol–water partition coefficient (Wildman–Crippen LogP) is 2.37. The van der Waals surface area contributed by atoms with E-state index in [4.69, 9.17) is 15.2 Å². The second-order valence-electron chi connectivity index (χ2n) is 7.02. The molecule has 1 saturated heterocycles. The number of carbonyl (C=O) groups excluding carboxylic acids is 1. The zero-order chi connectivity index (χ0) is 20.6. The normalized spacial score (nSPS) is 14.0. The lowest BCUT2D eigenvalue weighted by Gasteiger charge is -2.38. The molecule has 0 bridgehead atoms. The van der Waals surface area contributed by atoms with E-state index in [2.05, 4.69) is 21.2 Å². The lowest BCUT2D eigenvalue weighted by molar-refractivity contribution is 0.0949. The molecule has 0 aromatic heterocycles. The highest BCUT2D eigenvalue weighted by atomic mass is 16.5. The Bertz CT molecular complexity index is 819. The van der Waals surface area contributed by atoms with Crippen LogP contribution < -0.4 is 25.6 Å². The van der Waals surface area contributed by atoms with Crippen LogP contribution in [0.1, 0.15) is 16.8 Å². The van der Waals surface area contributed by atoms with Gasteiger partial charge in [0, 0.05) is 57.8 Å². The molecule has 1 aliphatic rings. The number of nitrogens with zero attached hydrogens (tertiary/aromatic N) is 2. The van der Waals surface area contributed by atoms with E-state index in [0.29, 0.717) is 24.4 Å². The van der Waals surface area contributed by atoms with Crippen LogP contribution in [0.4, 0.5) is 17.1 Å². The summed E-state index contributed by atoms with van der Waals surface area (Å²) in [5.41, 5.74) is 9.19. The highest BCUT2D eigenvalue weighted by Crippen LogP contribution is 2.30. The molecular formula is C22H30N4O3. The fraction of sp³-hybridized carbons (Fsp3) is 0.409. The van der Waals surface area contributed by atoms with Gasteiger partial charge in [-0.3, -0.25) is 4.79 Å². The number of nitrogen functional groups attached to an aromatic ring is 1. The maximum atomic E-state index is 12.7. The molecule has 0 unspecified atom stereocenters. The summed E-state index contributed by atoms with van der Waals surface area (Å²) in [6.07, 6.45) is 0.775. The first kappa shape index (κ1) is 20.8. The molecule has 1 fully saturated rings. The van der Waals surface area contributed by atoms with Gasteiger partial charge < -0.3 is 30.3 Å². The molecule has 7 heteroatoms. The average molecular weight is 399 g/mol. The number of para-hydroxylation sites is 2. The molecule has 3 rings (SSSR count). The summed E-state index contributed by atoms with van der Waals surface area (Å²) in [4.78, 5) is 17.3. The summed E-state index contributed by atoms with van der Waals surface area (Å²) in [5.74, 6) is 0.778. The van der Waals surface area contributed by atoms with Crippen LogP contribution in [-0.4, -0.2) is 59.5 Å². The Labute approximate surface area is 172 Å². The molecule has 1 amide bonds. The van der Waals surface area contributed by atoms with Crippen LogP contribution in [0.2, 0.25) is 0 Å². The van der Waals surface area contributed by atoms with Crippen LogP contribution in [0, 0.1) is 0 Å². The summed E-state index contributed by atoms with van der Waals surface area (Å²) in [6, 6.07) is 13.6. The highest BCUT2D eigenvalue weighted by molar-refractivity contribution is 6.00. The first-order valence-electron chi connectivity index (χ1n) is 9.93. The Balaban J connectivity index is 1.69. The molecule has 3 N–H and O–H groups in total. The van der Waals surface area contributed by atoms with E-state index in [0.717, 1.165) is 49.7 Å². The van der Waals surface area contributed by atoms with E-state index in [1.165, 1.54) is 0 Å². The van der Waals surface area contributed by atoms with Crippen LogP contribution in [0.3, 0.4) is 0 Å². The minimum atomic E-state index is -0.101. The van der Waals surface area contributed by atoms with Gasteiger partial charge in [-0.1, -0.05) is 12.1 Å². The predicted molar refractivity (Wildman–Crippen MR) is 117 cm³/mol. The molecule has 0 atom stereocenters. The number of amides is 1. The number of benzene rings is 2. The molecule has 0 spiro atoms. The second kappa shape index (κ2) is 10.0. The number of hydrogen-bond donors (Lipinski definition) is 2. The molecule has 2 aromatic rings. The van der Waals surface area contributed by atoms with Gasteiger partial charge in [-0.05, 0) is 36.8 Å². The molecule has 29 heavy (non-hydrogen) atoms. The smallest absolute Gasteiger partial charge is 0.253 e. The lowest BCUT2D eigenvalue weighted by Crippen LogP contribution is -2.47. The molecule has 1 heterocycles. The van der Waals surface area contributed by atoms with Crippen LogP contribution >= 0.6 is 0 Å². The quantitative estimate of drug-likeness (QED) is 0.525. The third-order valence-corrected chi connectivity index (χ3v) is 5.12. The van der Waals surface area contributed by atoms with E-state index < -0.39 is 0 Å². The first-order chi connectivity index (χ1) is 14.1. The SMILES string of the molecule is COCCCNC(=O)c1cc(N)ccc1N1CCN(c2ccccc2OC)CC1. The fourth-order valence-corrected chi connectivity index (χ4v) is 3.60. The number of carbonyl (C=O) groups is 1. The topological polar surface area (TPSA) is 80.1 Å². The van der Waals surface area contributed by atoms with Gasteiger partial charge in [0.2, 0.25) is 0 Å². The van der Waals surface area contributed by atoms with Crippen LogP contribution in [0.15, 0.2) is 42.5 Å².